The maximum Gasteiger partial charge on any atom is 0.290 e. The lowest BCUT2D eigenvalue weighted by Crippen LogP contribution is -2.38. The lowest BCUT2D eigenvalue weighted by molar-refractivity contribution is -0.115. The Hall–Kier alpha value is -3.90. The highest BCUT2D eigenvalue weighted by Crippen LogP contribution is 2.27. The SMILES string of the molecule is COc1ccc(-c2ccncc2F)nc1CNCC1CCN(c2nccc(/C=C3\SC(=O)NC3=O)n2)CC1. The Bertz CT molecular complexity index is 1380. The minimum absolute atomic E-state index is 0.326. The molecule has 2 saturated heterocycles. The lowest BCUT2D eigenvalue weighted by Gasteiger charge is -2.32. The summed E-state index contributed by atoms with van der Waals surface area (Å²) in [6.07, 6.45) is 7.91. The number of imide groups is 1. The predicted octanol–water partition coefficient (Wildman–Crippen LogP) is 3.41. The zero-order valence-electron chi connectivity index (χ0n) is 20.7. The highest BCUT2D eigenvalue weighted by molar-refractivity contribution is 8.18. The zero-order chi connectivity index (χ0) is 26.5. The average Bonchev–Trinajstić information content (AvgIpc) is 3.25. The van der Waals surface area contributed by atoms with E-state index in [9.17, 15) is 14.0 Å². The lowest BCUT2D eigenvalue weighted by atomic mass is 9.97. The van der Waals surface area contributed by atoms with E-state index < -0.39 is 11.7 Å². The number of piperidine rings is 1. The van der Waals surface area contributed by atoms with Crippen LogP contribution >= 0.6 is 11.8 Å². The van der Waals surface area contributed by atoms with Gasteiger partial charge in [-0.05, 0) is 67.4 Å². The summed E-state index contributed by atoms with van der Waals surface area (Å²) in [6.45, 7) is 2.91. The summed E-state index contributed by atoms with van der Waals surface area (Å²) < 4.78 is 19.6. The monoisotopic (exact) mass is 535 g/mol. The molecule has 0 unspecified atom stereocenters. The first-order chi connectivity index (χ1) is 18.5. The molecule has 5 heterocycles. The molecule has 3 aromatic rings. The molecule has 0 aromatic carbocycles. The Kier molecular flexibility index (Phi) is 7.89. The highest BCUT2D eigenvalue weighted by atomic mass is 32.2. The molecular weight excluding hydrogens is 509 g/mol. The number of aromatic nitrogens is 4. The number of methoxy groups -OCH3 is 1. The number of pyridine rings is 2. The van der Waals surface area contributed by atoms with Crippen LogP contribution in [0, 0.1) is 11.7 Å². The van der Waals surface area contributed by atoms with E-state index in [1.165, 1.54) is 6.20 Å². The van der Waals surface area contributed by atoms with Gasteiger partial charge in [-0.2, -0.15) is 0 Å². The van der Waals surface area contributed by atoms with E-state index in [2.05, 4.69) is 35.5 Å². The van der Waals surface area contributed by atoms with E-state index in [1.807, 2.05) is 0 Å². The number of halogens is 1. The van der Waals surface area contributed by atoms with Crippen molar-refractivity contribution in [1.82, 2.24) is 30.6 Å². The van der Waals surface area contributed by atoms with E-state index in [-0.39, 0.29) is 5.24 Å². The van der Waals surface area contributed by atoms with Crippen LogP contribution in [0.3, 0.4) is 0 Å². The Labute approximate surface area is 223 Å². The van der Waals surface area contributed by atoms with Gasteiger partial charge in [-0.25, -0.2) is 19.3 Å². The summed E-state index contributed by atoms with van der Waals surface area (Å²) in [5.41, 5.74) is 2.24. The second-order valence-electron chi connectivity index (χ2n) is 8.90. The Morgan fingerprint density at radius 2 is 2.03 bits per heavy atom. The van der Waals surface area contributed by atoms with Crippen molar-refractivity contribution < 1.29 is 18.7 Å². The van der Waals surface area contributed by atoms with Crippen LogP contribution in [-0.2, 0) is 11.3 Å². The molecule has 10 nitrogen and oxygen atoms in total. The quantitative estimate of drug-likeness (QED) is 0.415. The normalized spacial score (nSPS) is 17.2. The maximum absolute atomic E-state index is 14.2. The predicted molar refractivity (Wildman–Crippen MR) is 142 cm³/mol. The molecular formula is C26H26FN7O3S. The Balaban J connectivity index is 1.15. The van der Waals surface area contributed by atoms with Crippen molar-refractivity contribution in [3.8, 4) is 17.0 Å². The molecule has 12 heteroatoms. The molecule has 2 amide bonds. The van der Waals surface area contributed by atoms with Gasteiger partial charge in [0.2, 0.25) is 5.95 Å². The molecule has 0 aliphatic carbocycles. The number of carbonyl (C=O) groups is 2. The van der Waals surface area contributed by atoms with Crippen LogP contribution in [0.5, 0.6) is 5.75 Å². The van der Waals surface area contributed by atoms with Crippen LogP contribution < -0.4 is 20.3 Å². The van der Waals surface area contributed by atoms with Gasteiger partial charge >= 0.3 is 0 Å². The molecule has 2 N–H and O–H groups in total. The van der Waals surface area contributed by atoms with Gasteiger partial charge in [0.05, 0.1) is 35.3 Å². The summed E-state index contributed by atoms with van der Waals surface area (Å²) in [4.78, 5) is 43.1. The van der Waals surface area contributed by atoms with Crippen LogP contribution in [0.25, 0.3) is 17.3 Å². The van der Waals surface area contributed by atoms with Gasteiger partial charge in [-0.15, -0.1) is 0 Å². The summed E-state index contributed by atoms with van der Waals surface area (Å²) in [6, 6.07) is 6.86. The molecule has 0 atom stereocenters. The van der Waals surface area contributed by atoms with Crippen molar-refractivity contribution in [3.63, 3.8) is 0 Å². The van der Waals surface area contributed by atoms with E-state index in [1.54, 1.807) is 49.8 Å². The number of amides is 2. The molecule has 2 fully saturated rings. The van der Waals surface area contributed by atoms with Crippen LogP contribution in [-0.4, -0.2) is 57.8 Å². The first-order valence-corrected chi connectivity index (χ1v) is 13.0. The van der Waals surface area contributed by atoms with Crippen molar-refractivity contribution in [2.45, 2.75) is 19.4 Å². The summed E-state index contributed by atoms with van der Waals surface area (Å²) in [5, 5.41) is 5.34. The number of nitrogens with one attached hydrogen (secondary N) is 2. The van der Waals surface area contributed by atoms with Crippen LogP contribution in [0.15, 0.2) is 47.8 Å². The van der Waals surface area contributed by atoms with Crippen LogP contribution in [0.1, 0.15) is 24.2 Å². The second-order valence-corrected chi connectivity index (χ2v) is 9.91. The van der Waals surface area contributed by atoms with Crippen molar-refractivity contribution in [2.75, 3.05) is 31.6 Å². The fourth-order valence-corrected chi connectivity index (χ4v) is 5.08. The van der Waals surface area contributed by atoms with Crippen molar-refractivity contribution >= 4 is 34.9 Å². The van der Waals surface area contributed by atoms with Crippen molar-refractivity contribution in [3.05, 3.63) is 65.0 Å². The third-order valence-corrected chi connectivity index (χ3v) is 7.22. The van der Waals surface area contributed by atoms with Crippen LogP contribution in [0.4, 0.5) is 15.1 Å². The summed E-state index contributed by atoms with van der Waals surface area (Å²) >= 11 is 0.868. The first kappa shape index (κ1) is 25.7. The first-order valence-electron chi connectivity index (χ1n) is 12.2. The molecule has 0 radical (unpaired) electrons. The minimum Gasteiger partial charge on any atom is -0.495 e. The third kappa shape index (κ3) is 5.97. The molecule has 2 aliphatic rings. The standard InChI is InChI=1S/C26H26FN7O3S/c1-37-22-3-2-20(18-5-8-28-14-19(18)27)32-21(22)15-29-13-16-6-10-34(11-7-16)25-30-9-4-17(31-25)12-23-24(35)33-26(36)38-23/h2-5,8-9,12,14,16,29H,6-7,10-11,13,15H2,1H3,(H,33,35,36)/b23-12-. The minimum atomic E-state index is -0.417. The molecule has 38 heavy (non-hydrogen) atoms. The van der Waals surface area contributed by atoms with Gasteiger partial charge in [0.25, 0.3) is 11.1 Å². The fourth-order valence-electron chi connectivity index (χ4n) is 4.42. The van der Waals surface area contributed by atoms with Gasteiger partial charge in [0.1, 0.15) is 5.75 Å². The van der Waals surface area contributed by atoms with E-state index in [0.717, 1.165) is 44.2 Å². The summed E-state index contributed by atoms with van der Waals surface area (Å²) in [5.74, 6) is 0.899. The van der Waals surface area contributed by atoms with Gasteiger partial charge in [-0.3, -0.25) is 19.9 Å². The molecule has 0 spiro atoms. The Morgan fingerprint density at radius 1 is 1.18 bits per heavy atom. The molecule has 0 bridgehead atoms. The second kappa shape index (κ2) is 11.7. The molecule has 2 aliphatic heterocycles. The van der Waals surface area contributed by atoms with Crippen LogP contribution in [0.2, 0.25) is 0 Å². The number of thioether (sulfide) groups is 1. The van der Waals surface area contributed by atoms with Gasteiger partial charge in [0.15, 0.2) is 5.82 Å². The third-order valence-electron chi connectivity index (χ3n) is 6.41. The topological polar surface area (TPSA) is 122 Å². The largest absolute Gasteiger partial charge is 0.495 e. The molecule has 5 rings (SSSR count). The van der Waals surface area contributed by atoms with Crippen molar-refractivity contribution in [2.24, 2.45) is 5.92 Å². The smallest absolute Gasteiger partial charge is 0.290 e. The van der Waals surface area contributed by atoms with E-state index in [0.29, 0.717) is 51.7 Å². The molecule has 3 aromatic heterocycles. The molecule has 196 valence electrons. The highest BCUT2D eigenvalue weighted by Gasteiger charge is 2.26. The number of carbonyl (C=O) groups excluding carboxylic acids is 2. The number of anilines is 1. The number of ether oxygens (including phenoxy) is 1. The zero-order valence-corrected chi connectivity index (χ0v) is 21.5. The maximum atomic E-state index is 14.2. The van der Waals surface area contributed by atoms with Crippen molar-refractivity contribution in [1.29, 1.82) is 0 Å². The van der Waals surface area contributed by atoms with E-state index in [4.69, 9.17) is 4.74 Å². The number of hydrogen-bond acceptors (Lipinski definition) is 10. The number of rotatable bonds is 8. The number of nitrogens with zero attached hydrogens (tertiary/aromatic N) is 5. The fraction of sp³-hybridized carbons (Fsp3) is 0.308. The average molecular weight is 536 g/mol. The molecule has 0 saturated carbocycles. The summed E-state index contributed by atoms with van der Waals surface area (Å²) in [7, 11) is 1.59. The van der Waals surface area contributed by atoms with E-state index >= 15 is 0 Å². The van der Waals surface area contributed by atoms with Gasteiger partial charge in [-0.1, -0.05) is 0 Å². The Morgan fingerprint density at radius 3 is 2.76 bits per heavy atom. The van der Waals surface area contributed by atoms with Gasteiger partial charge in [0, 0.05) is 37.6 Å². The van der Waals surface area contributed by atoms with Gasteiger partial charge < -0.3 is 15.0 Å². The number of hydrogen-bond donors (Lipinski definition) is 2.